The predicted molar refractivity (Wildman–Crippen MR) is 237 cm³/mol. The number of anilines is 1. The Morgan fingerprint density at radius 2 is 1.66 bits per heavy atom. The number of hydrogen-bond donors (Lipinski definition) is 4. The van der Waals surface area contributed by atoms with Gasteiger partial charge in [-0.15, -0.1) is 0 Å². The highest BCUT2D eigenvalue weighted by molar-refractivity contribution is 6.09. The Morgan fingerprint density at radius 3 is 2.35 bits per heavy atom. The molecule has 3 aromatic rings. The Hall–Kier alpha value is -7.17. The molecule has 0 radical (unpaired) electrons. The second-order valence-corrected chi connectivity index (χ2v) is 17.5. The van der Waals surface area contributed by atoms with Crippen molar-refractivity contribution < 1.29 is 47.1 Å². The smallest absolute Gasteiger partial charge is 0.336 e. The maximum Gasteiger partial charge on any atom is 0.336 e. The van der Waals surface area contributed by atoms with Gasteiger partial charge < -0.3 is 40.2 Å². The third-order valence-corrected chi connectivity index (χ3v) is 12.5. The van der Waals surface area contributed by atoms with E-state index < -0.39 is 66.5 Å². The molecule has 2 saturated heterocycles. The van der Waals surface area contributed by atoms with Crippen molar-refractivity contribution in [2.24, 2.45) is 5.92 Å². The average Bonchev–Trinajstić information content (AvgIpc) is 3.96. The normalized spacial score (nSPS) is 18.7. The van der Waals surface area contributed by atoms with Gasteiger partial charge in [-0.05, 0) is 66.4 Å². The van der Waals surface area contributed by atoms with Crippen molar-refractivity contribution in [3.05, 3.63) is 106 Å². The van der Waals surface area contributed by atoms with E-state index in [1.54, 1.807) is 37.3 Å². The lowest BCUT2D eigenvalue weighted by atomic mass is 9.89. The van der Waals surface area contributed by atoms with Crippen LogP contribution in [0, 0.1) is 5.92 Å². The monoisotopic (exact) mass is 890 g/mol. The molecule has 4 heterocycles. The molecule has 0 aromatic heterocycles. The lowest BCUT2D eigenvalue weighted by Crippen LogP contribution is -2.46. The number of carbonyl (C=O) groups is 6. The Labute approximate surface area is 373 Å². The van der Waals surface area contributed by atoms with Crippen LogP contribution in [0.5, 0.6) is 0 Å². The predicted octanol–water partition coefficient (Wildman–Crippen LogP) is 4.15. The van der Waals surface area contributed by atoms with Gasteiger partial charge >= 0.3 is 5.97 Å². The third-order valence-electron chi connectivity index (χ3n) is 12.5. The molecule has 5 amide bonds. The summed E-state index contributed by atoms with van der Waals surface area (Å²) in [5.41, 5.74) is 5.00. The quantitative estimate of drug-likeness (QED) is 0.0860. The van der Waals surface area contributed by atoms with Crippen molar-refractivity contribution >= 4 is 52.2 Å². The Morgan fingerprint density at radius 1 is 0.923 bits per heavy atom. The van der Waals surface area contributed by atoms with Gasteiger partial charge in [0.1, 0.15) is 31.5 Å². The molecule has 4 aliphatic heterocycles. The summed E-state index contributed by atoms with van der Waals surface area (Å²) in [5, 5.41) is 20.2. The fourth-order valence-corrected chi connectivity index (χ4v) is 9.08. The minimum atomic E-state index is -2.99. The van der Waals surface area contributed by atoms with E-state index in [9.17, 15) is 42.7 Å². The Kier molecular flexibility index (Phi) is 11.9. The standard InChI is InChI=1S/C48H49F2N7O8/c1-26-22-48(49,50)25-57(26)46(62)38-18-29(44(60)53-38)19-41(58)56-23-28-7-6-8-33(37(28)24-56)45(61)52-16-15-51-43(59)27-9-12-32(36(17-27)47(63)64)42-34-13-10-30(54(2)3)20-39(34)65-40-21-31(55(4)5)11-14-35(40)42/h6-14,17,20-21,26,29,38H,15-16,18-19,22-25H2,1-5H3,(H3-,51,52,53,59,60,61,63,64)/p+1/t26-,29+,38+/m1/s1. The summed E-state index contributed by atoms with van der Waals surface area (Å²) in [7, 11) is 7.67. The number of rotatable bonds is 11. The second kappa shape index (κ2) is 17.4. The van der Waals surface area contributed by atoms with E-state index in [-0.39, 0.29) is 56.1 Å². The first kappa shape index (κ1) is 44.4. The van der Waals surface area contributed by atoms with Crippen LogP contribution in [0.15, 0.2) is 77.2 Å². The number of fused-ring (bicyclic) bond motifs is 3. The van der Waals surface area contributed by atoms with Crippen LogP contribution in [-0.4, -0.2) is 116 Å². The minimum absolute atomic E-state index is 0.0188. The molecule has 3 atom stereocenters. The largest absolute Gasteiger partial charge is 0.478 e. The van der Waals surface area contributed by atoms with Crippen LogP contribution in [0.3, 0.4) is 0 Å². The zero-order valence-electron chi connectivity index (χ0n) is 36.7. The lowest BCUT2D eigenvalue weighted by molar-refractivity contribution is -0.136. The molecule has 3 aromatic carbocycles. The van der Waals surface area contributed by atoms with Crippen molar-refractivity contribution in [1.29, 1.82) is 0 Å². The molecule has 0 saturated carbocycles. The molecule has 1 aliphatic carbocycles. The summed E-state index contributed by atoms with van der Waals surface area (Å²) in [6, 6.07) is 19.5. The molecule has 0 unspecified atom stereocenters. The van der Waals surface area contributed by atoms with Gasteiger partial charge in [0, 0.05) is 111 Å². The maximum atomic E-state index is 13.9. The van der Waals surface area contributed by atoms with E-state index in [1.165, 1.54) is 11.0 Å². The molecule has 15 nitrogen and oxygen atoms in total. The van der Waals surface area contributed by atoms with Crippen LogP contribution in [0.1, 0.15) is 68.4 Å². The summed E-state index contributed by atoms with van der Waals surface area (Å²) in [6.45, 7) is 1.23. The van der Waals surface area contributed by atoms with Crippen molar-refractivity contribution in [3.8, 4) is 22.5 Å². The van der Waals surface area contributed by atoms with E-state index in [0.29, 0.717) is 44.5 Å². The third kappa shape index (κ3) is 8.86. The van der Waals surface area contributed by atoms with Crippen molar-refractivity contribution in [3.63, 3.8) is 0 Å². The molecular formula is C48H50F2N7O8+. The number of carboxylic acids is 1. The highest BCUT2D eigenvalue weighted by Gasteiger charge is 2.48. The lowest BCUT2D eigenvalue weighted by Gasteiger charge is -2.24. The van der Waals surface area contributed by atoms with Crippen LogP contribution < -0.4 is 30.8 Å². The van der Waals surface area contributed by atoms with Gasteiger partial charge in [0.25, 0.3) is 17.7 Å². The van der Waals surface area contributed by atoms with Crippen molar-refractivity contribution in [2.75, 3.05) is 52.7 Å². The summed E-state index contributed by atoms with van der Waals surface area (Å²) in [6.07, 6.45) is -0.606. The number of benzene rings is 4. The summed E-state index contributed by atoms with van der Waals surface area (Å²) >= 11 is 0. The molecule has 2 fully saturated rings. The van der Waals surface area contributed by atoms with E-state index >= 15 is 0 Å². The van der Waals surface area contributed by atoms with Crippen LogP contribution in [0.4, 0.5) is 14.5 Å². The van der Waals surface area contributed by atoms with E-state index in [2.05, 4.69) is 16.0 Å². The van der Waals surface area contributed by atoms with Gasteiger partial charge in [0.15, 0.2) is 0 Å². The van der Waals surface area contributed by atoms with Crippen molar-refractivity contribution in [2.45, 2.75) is 57.3 Å². The molecule has 0 bridgehead atoms. The van der Waals surface area contributed by atoms with Gasteiger partial charge in [-0.3, -0.25) is 24.0 Å². The first-order valence-electron chi connectivity index (χ1n) is 21.4. The molecule has 5 aliphatic rings. The zero-order chi connectivity index (χ0) is 46.5. The Bertz CT molecular complexity index is 2840. The number of carboxylic acid groups (broad SMARTS) is 1. The molecule has 0 spiro atoms. The average molecular weight is 891 g/mol. The number of amides is 5. The molecular weight excluding hydrogens is 841 g/mol. The van der Waals surface area contributed by atoms with Gasteiger partial charge in [-0.25, -0.2) is 18.2 Å². The summed E-state index contributed by atoms with van der Waals surface area (Å²) < 4.78 is 36.2. The maximum absolute atomic E-state index is 13.9. The van der Waals surface area contributed by atoms with Gasteiger partial charge in [-0.1, -0.05) is 18.2 Å². The fourth-order valence-electron chi connectivity index (χ4n) is 9.08. The van der Waals surface area contributed by atoms with Crippen LogP contribution in [-0.2, 0) is 27.5 Å². The number of aromatic carboxylic acids is 1. The second-order valence-electron chi connectivity index (χ2n) is 17.5. The van der Waals surface area contributed by atoms with Crippen LogP contribution in [0.2, 0.25) is 0 Å². The molecule has 8 rings (SSSR count). The first-order valence-corrected chi connectivity index (χ1v) is 21.4. The number of hydrogen-bond acceptors (Lipinski definition) is 8. The number of alkyl halides is 2. The molecule has 17 heteroatoms. The van der Waals surface area contributed by atoms with E-state index in [4.69, 9.17) is 4.42 Å². The van der Waals surface area contributed by atoms with Gasteiger partial charge in [0.2, 0.25) is 23.1 Å². The number of nitrogens with zero attached hydrogens (tertiary/aromatic N) is 4. The summed E-state index contributed by atoms with van der Waals surface area (Å²) in [4.78, 5) is 83.5. The van der Waals surface area contributed by atoms with Gasteiger partial charge in [0.05, 0.1) is 18.2 Å². The highest BCUT2D eigenvalue weighted by atomic mass is 19.3. The molecule has 4 N–H and O–H groups in total. The van der Waals surface area contributed by atoms with E-state index in [1.807, 2.05) is 74.1 Å². The molecule has 65 heavy (non-hydrogen) atoms. The topological polar surface area (TPSA) is 185 Å². The Balaban J connectivity index is 0.899. The number of carbonyl (C=O) groups excluding carboxylic acids is 5. The fraction of sp³-hybridized carbons (Fsp3) is 0.354. The van der Waals surface area contributed by atoms with Crippen LogP contribution >= 0.6 is 0 Å². The van der Waals surface area contributed by atoms with Crippen molar-refractivity contribution in [1.82, 2.24) is 30.3 Å². The number of likely N-dealkylation sites (tertiary alicyclic amines) is 1. The van der Waals surface area contributed by atoms with Crippen LogP contribution in [0.25, 0.3) is 33.4 Å². The highest BCUT2D eigenvalue weighted by Crippen LogP contribution is 2.42. The number of halogens is 2. The van der Waals surface area contributed by atoms with Gasteiger partial charge in [-0.2, -0.15) is 0 Å². The SMILES string of the molecule is C[C@@H]1CC(F)(F)CN1C(=O)[C@@H]1C[C@@H](CC(=O)N2Cc3cccc(C(=O)NCCNC(=O)c4ccc(-c5c6ccc(=[N+](C)C)cc-6oc6cc(N(C)C)ccc56)c(C(=O)O)c4)c3C2)C(=O)N1. The summed E-state index contributed by atoms with van der Waals surface area (Å²) in [5.74, 6) is -6.82. The minimum Gasteiger partial charge on any atom is -0.478 e. The van der Waals surface area contributed by atoms with E-state index in [0.717, 1.165) is 21.5 Å². The number of nitrogens with one attached hydrogen (secondary N) is 3. The molecule has 338 valence electrons. The zero-order valence-corrected chi connectivity index (χ0v) is 36.7. The first-order chi connectivity index (χ1) is 30.9.